The summed E-state index contributed by atoms with van der Waals surface area (Å²) in [6.07, 6.45) is -18.7. The fourth-order valence-corrected chi connectivity index (χ4v) is 9.61. The summed E-state index contributed by atoms with van der Waals surface area (Å²) in [4.78, 5) is 192. The number of alkyl halides is 6. The van der Waals surface area contributed by atoms with Gasteiger partial charge in [0.1, 0.15) is 54.1 Å². The van der Waals surface area contributed by atoms with Crippen LogP contribution in [0, 0.1) is 23.7 Å². The van der Waals surface area contributed by atoms with Gasteiger partial charge in [0.15, 0.2) is 24.2 Å². The molecule has 1 aliphatic rings. The average Bonchev–Trinajstić information content (AvgIpc) is 0.815. The van der Waals surface area contributed by atoms with E-state index in [9.17, 15) is 105 Å². The number of ether oxygens (including phenoxy) is 1. The quantitative estimate of drug-likeness (QED) is 0.0165. The van der Waals surface area contributed by atoms with Gasteiger partial charge in [0.25, 0.3) is 0 Å². The van der Waals surface area contributed by atoms with Crippen molar-refractivity contribution in [3.05, 3.63) is 65.7 Å². The number of rotatable bonds is 23. The van der Waals surface area contributed by atoms with E-state index >= 15 is 4.79 Å². The van der Waals surface area contributed by atoms with Crippen molar-refractivity contribution in [2.75, 3.05) is 19.7 Å². The minimum Gasteiger partial charge on any atom is -0.508 e. The largest absolute Gasteiger partial charge is 0.508 e. The zero-order chi connectivity index (χ0) is 83.0. The van der Waals surface area contributed by atoms with E-state index in [1.54, 1.807) is 41.5 Å². The molecule has 25 N–H and O–H groups in total. The van der Waals surface area contributed by atoms with Crippen LogP contribution in [-0.2, 0) is 78.3 Å². The third-order valence-electron chi connectivity index (χ3n) is 15.6. The Hall–Kier alpha value is -10.5. The molecule has 0 bridgehead atoms. The van der Waals surface area contributed by atoms with Gasteiger partial charge < -0.3 is 117 Å². The number of phenols is 1. The number of nitrogens with two attached hydrogens (primary N) is 4. The Labute approximate surface area is 615 Å². The zero-order valence-electron chi connectivity index (χ0n) is 60.2. The van der Waals surface area contributed by atoms with Crippen LogP contribution in [0.25, 0.3) is 0 Å². The first kappa shape index (κ1) is 95.5. The fourth-order valence-electron chi connectivity index (χ4n) is 9.61. The number of carbonyl (C=O) groups is 14. The highest BCUT2D eigenvalue weighted by Gasteiger charge is 2.45. The lowest BCUT2D eigenvalue weighted by molar-refractivity contribution is -0.193. The highest BCUT2D eigenvalue weighted by atomic mass is 19.4. The molecule has 0 radical (unpaired) electrons. The van der Waals surface area contributed by atoms with Crippen molar-refractivity contribution >= 4 is 88.8 Å². The molecule has 0 spiro atoms. The number of aliphatic hydroxyl groups is 4. The van der Waals surface area contributed by atoms with Crippen LogP contribution >= 0.6 is 0 Å². The summed E-state index contributed by atoms with van der Waals surface area (Å²) in [6, 6.07) is -5.45. The van der Waals surface area contributed by atoms with E-state index in [4.69, 9.17) is 47.5 Å². The Balaban J connectivity index is 0.00000377. The molecule has 606 valence electrons. The molecule has 1 heterocycles. The van der Waals surface area contributed by atoms with Crippen molar-refractivity contribution in [2.24, 2.45) is 51.6 Å². The Morgan fingerprint density at radius 2 is 1.13 bits per heavy atom. The molecule has 0 aromatic heterocycles. The number of phenolic OH excluding ortho intramolecular Hbond substituents is 1. The fraction of sp³-hybridized carbons (Fsp3) is 0.585. The van der Waals surface area contributed by atoms with E-state index in [1.807, 2.05) is 10.6 Å². The Morgan fingerprint density at radius 1 is 0.630 bits per heavy atom. The summed E-state index contributed by atoms with van der Waals surface area (Å²) in [6.45, 7) is 11.6. The maximum absolute atomic E-state index is 15.4. The van der Waals surface area contributed by atoms with E-state index in [1.165, 1.54) is 68.4 Å². The number of nitrogens with zero attached hydrogens (tertiary/aromatic N) is 1. The number of aliphatic imine (C=N–C) groups is 1. The molecule has 1 aliphatic heterocycles. The molecule has 1 fully saturated rings. The van der Waals surface area contributed by atoms with E-state index < -0.39 is 211 Å². The van der Waals surface area contributed by atoms with E-state index in [2.05, 4.69) is 47.5 Å². The number of primary amides is 1. The number of carboxylic acid groups (broad SMARTS) is 2. The molecule has 0 aliphatic carbocycles. The molecular formula is C65H97F6N15O22. The number of hydrogen-bond acceptors (Lipinski definition) is 22. The lowest BCUT2D eigenvalue weighted by atomic mass is 9.95. The van der Waals surface area contributed by atoms with Gasteiger partial charge in [-0.05, 0) is 86.0 Å². The molecule has 2 unspecified atom stereocenters. The summed E-state index contributed by atoms with van der Waals surface area (Å²) >= 11 is 0. The second kappa shape index (κ2) is 45.2. The van der Waals surface area contributed by atoms with Crippen LogP contribution in [0.5, 0.6) is 5.75 Å². The Bertz CT molecular complexity index is 3380. The molecule has 43 heteroatoms. The van der Waals surface area contributed by atoms with Gasteiger partial charge in [0.2, 0.25) is 65.0 Å². The summed E-state index contributed by atoms with van der Waals surface area (Å²) in [7, 11) is 0. The summed E-state index contributed by atoms with van der Waals surface area (Å²) in [5, 5.41) is 92.2. The summed E-state index contributed by atoms with van der Waals surface area (Å²) < 4.78 is 69.4. The Kier molecular flexibility index (Phi) is 40.0. The van der Waals surface area contributed by atoms with E-state index in [-0.39, 0.29) is 68.3 Å². The van der Waals surface area contributed by atoms with Gasteiger partial charge in [-0.1, -0.05) is 104 Å². The van der Waals surface area contributed by atoms with Crippen molar-refractivity contribution in [1.82, 2.24) is 53.2 Å². The number of aliphatic hydroxyl groups excluding tert-OH is 4. The third-order valence-corrected chi connectivity index (χ3v) is 15.6. The average molecular weight is 1550 g/mol. The van der Waals surface area contributed by atoms with Gasteiger partial charge in [-0.3, -0.25) is 57.7 Å². The van der Waals surface area contributed by atoms with Crippen LogP contribution in [0.3, 0.4) is 0 Å². The number of esters is 1. The molecule has 3 rings (SSSR count). The maximum Gasteiger partial charge on any atom is 0.490 e. The smallest absolute Gasteiger partial charge is 0.490 e. The normalized spacial score (nSPS) is 22.4. The van der Waals surface area contributed by atoms with Crippen LogP contribution in [0.15, 0.2) is 59.6 Å². The van der Waals surface area contributed by atoms with Gasteiger partial charge in [-0.25, -0.2) is 14.4 Å². The van der Waals surface area contributed by atoms with Gasteiger partial charge in [-0.2, -0.15) is 26.3 Å². The summed E-state index contributed by atoms with van der Waals surface area (Å²) in [5.74, 6) is -23.1. The number of amides is 11. The molecule has 2 aromatic carbocycles. The minimum atomic E-state index is -5.08. The number of aromatic hydroxyl groups is 1. The van der Waals surface area contributed by atoms with Gasteiger partial charge in [0, 0.05) is 6.54 Å². The number of carboxylic acids is 2. The van der Waals surface area contributed by atoms with Crippen LogP contribution in [0.2, 0.25) is 0 Å². The van der Waals surface area contributed by atoms with Crippen LogP contribution < -0.4 is 76.1 Å². The van der Waals surface area contributed by atoms with Crippen LogP contribution in [0.1, 0.15) is 112 Å². The minimum absolute atomic E-state index is 0.0356. The highest BCUT2D eigenvalue weighted by Crippen LogP contribution is 2.25. The predicted octanol–water partition coefficient (Wildman–Crippen LogP) is -4.27. The number of benzene rings is 2. The number of cyclic esters (lactones) is 1. The monoisotopic (exact) mass is 1550 g/mol. The molecule has 37 nitrogen and oxygen atoms in total. The summed E-state index contributed by atoms with van der Waals surface area (Å²) in [5.41, 5.74) is 23.2. The van der Waals surface area contributed by atoms with Crippen molar-refractivity contribution in [1.29, 1.82) is 0 Å². The van der Waals surface area contributed by atoms with Crippen molar-refractivity contribution in [2.45, 2.75) is 198 Å². The van der Waals surface area contributed by atoms with Crippen molar-refractivity contribution in [3.8, 4) is 5.75 Å². The highest BCUT2D eigenvalue weighted by molar-refractivity contribution is 6.00. The number of carbonyl (C=O) groups excluding carboxylic acids is 12. The maximum atomic E-state index is 15.4. The number of hydrogen-bond donors (Lipinski definition) is 21. The first-order valence-corrected chi connectivity index (χ1v) is 33.4. The van der Waals surface area contributed by atoms with Gasteiger partial charge in [0.05, 0.1) is 31.4 Å². The molecule has 2 aromatic rings. The van der Waals surface area contributed by atoms with Gasteiger partial charge in [-0.15, -0.1) is 0 Å². The van der Waals surface area contributed by atoms with Crippen molar-refractivity contribution < 1.29 is 134 Å². The second-order valence-electron chi connectivity index (χ2n) is 25.9. The third kappa shape index (κ3) is 33.5. The lowest BCUT2D eigenvalue weighted by Crippen LogP contribution is -2.64. The molecule has 11 amide bonds. The van der Waals surface area contributed by atoms with E-state index in [0.29, 0.717) is 5.56 Å². The molecular weight excluding hydrogens is 1460 g/mol. The van der Waals surface area contributed by atoms with E-state index in [0.717, 1.165) is 6.92 Å². The van der Waals surface area contributed by atoms with Crippen LogP contribution in [-0.4, -0.2) is 235 Å². The standard InChI is InChI=1S/C61H95N15O18.2C2HF3O2/c1-10-31(8)42-56(89)74-43(32(9)78)55(88)67-26-41(80)72-45(48(82)50(63)83)58(91)71-40(27-77)60(93)94-49(34-15-12-11-13-16-34)46(76-54(87)39(24-29(4)5)69-51(84)36(62)25-33-18-20-35(79)21-19-33)59(92)75-44(47(81)30(6)7)57(90)70-38(23-28(2)3)53(86)68-37(52(85)73-42)17-14-22-66-61(64)65;2*3-2(4,5)1(6)7/h11-13,15-16,18-21,28-32,36-40,42-49,77-79,81-82H,10,14,17,22-27,62H2,1-9H3,(H2,63,83)(H,67,88)(H,68,86)(H,69,84)(H,70,90)(H,71,91)(H,72,80)(H,73,85)(H,74,89)(H,75,92)(H,76,87)(H4,64,65,66);2*(H,6,7)/t31-,32-,36+,37+,38-,39+,40-,42?,43?,44-,45-,46-,47+,48-,49+;;/m0../s1. The lowest BCUT2D eigenvalue weighted by Gasteiger charge is -2.33. The molecule has 1 saturated heterocycles. The topological polar surface area (TPSA) is 627 Å². The predicted molar refractivity (Wildman–Crippen MR) is 366 cm³/mol. The number of halogens is 6. The Morgan fingerprint density at radius 3 is 1.61 bits per heavy atom. The molecule has 0 saturated carbocycles. The molecule has 108 heavy (non-hydrogen) atoms. The number of guanidine groups is 1. The molecule has 15 atom stereocenters. The SMILES string of the molecule is CC[C@H](C)C1NC(=O)[C@@H](CCCN=C(N)N)NC(=O)[C@H](CC(C)C)NC(=O)[C@H]([C@H](O)C(C)C)NC(=O)[C@@H](NC(=O)[C@@H](CC(C)C)NC(=O)[C@H](N)Cc2ccc(O)cc2)[C@@H](c2ccccc2)OC(=O)[C@H](CO)NC(=O)[C@H]([C@H](O)C(N)=O)NC(=O)CNC(=O)C([C@H](C)O)NC1=O.O=C(O)C(F)(F)F.O=C(O)C(F)(F)F. The second-order valence-corrected chi connectivity index (χ2v) is 25.9. The number of nitrogens with one attached hydrogen (secondary N) is 10. The first-order valence-electron chi connectivity index (χ1n) is 33.4. The van der Waals surface area contributed by atoms with Gasteiger partial charge >= 0.3 is 30.3 Å². The number of aliphatic carboxylic acids is 2. The zero-order valence-corrected chi connectivity index (χ0v) is 60.2. The van der Waals surface area contributed by atoms with Crippen LogP contribution in [0.4, 0.5) is 26.3 Å². The van der Waals surface area contributed by atoms with Crippen molar-refractivity contribution in [3.63, 3.8) is 0 Å². The first-order chi connectivity index (χ1) is 50.0.